The van der Waals surface area contributed by atoms with Crippen LogP contribution >= 0.6 is 12.2 Å². The first-order valence-electron chi connectivity index (χ1n) is 8.73. The van der Waals surface area contributed by atoms with Gasteiger partial charge in [-0.15, -0.1) is 0 Å². The van der Waals surface area contributed by atoms with Gasteiger partial charge in [0.05, 0.1) is 12.2 Å². The molecule has 1 fully saturated rings. The van der Waals surface area contributed by atoms with Gasteiger partial charge in [0.15, 0.2) is 5.11 Å². The third-order valence-electron chi connectivity index (χ3n) is 4.02. The number of nitrogens with zero attached hydrogens (tertiary/aromatic N) is 1. The van der Waals surface area contributed by atoms with Crippen LogP contribution in [0.25, 0.3) is 0 Å². The van der Waals surface area contributed by atoms with Crippen LogP contribution in [0.3, 0.4) is 0 Å². The molecule has 1 aromatic carbocycles. The number of ether oxygens (including phenoxy) is 1. The zero-order chi connectivity index (χ0) is 17.2. The SMILES string of the molecule is CCOC(=O)c1cccc(NC(=S)NCCCN2CCCCC2)c1. The van der Waals surface area contributed by atoms with Crippen LogP contribution in [0.2, 0.25) is 0 Å². The number of thiocarbonyl (C=S) groups is 1. The number of hydrogen-bond donors (Lipinski definition) is 2. The fourth-order valence-corrected chi connectivity index (χ4v) is 3.02. The van der Waals surface area contributed by atoms with E-state index in [1.807, 2.05) is 12.1 Å². The summed E-state index contributed by atoms with van der Waals surface area (Å²) in [4.78, 5) is 14.3. The Bertz CT molecular complexity index is 545. The highest BCUT2D eigenvalue weighted by Gasteiger charge is 2.09. The zero-order valence-electron chi connectivity index (χ0n) is 14.3. The number of likely N-dealkylation sites (tertiary alicyclic amines) is 1. The quantitative estimate of drug-likeness (QED) is 0.448. The maximum Gasteiger partial charge on any atom is 0.338 e. The summed E-state index contributed by atoms with van der Waals surface area (Å²) in [5.74, 6) is -0.318. The smallest absolute Gasteiger partial charge is 0.338 e. The van der Waals surface area contributed by atoms with Gasteiger partial charge in [0, 0.05) is 12.2 Å². The number of carbonyl (C=O) groups excluding carboxylic acids is 1. The van der Waals surface area contributed by atoms with Gasteiger partial charge < -0.3 is 20.3 Å². The lowest BCUT2D eigenvalue weighted by Crippen LogP contribution is -2.34. The summed E-state index contributed by atoms with van der Waals surface area (Å²) in [6.07, 6.45) is 5.09. The summed E-state index contributed by atoms with van der Waals surface area (Å²) in [5, 5.41) is 6.92. The molecule has 1 aromatic rings. The van der Waals surface area contributed by atoms with Crippen molar-refractivity contribution in [3.8, 4) is 0 Å². The minimum Gasteiger partial charge on any atom is -0.462 e. The van der Waals surface area contributed by atoms with Crippen LogP contribution in [0.15, 0.2) is 24.3 Å². The van der Waals surface area contributed by atoms with Gasteiger partial charge in [-0.3, -0.25) is 0 Å². The van der Waals surface area contributed by atoms with Gasteiger partial charge >= 0.3 is 5.97 Å². The lowest BCUT2D eigenvalue weighted by Gasteiger charge is -2.26. The van der Waals surface area contributed by atoms with Crippen LogP contribution < -0.4 is 10.6 Å². The monoisotopic (exact) mass is 349 g/mol. The van der Waals surface area contributed by atoms with E-state index < -0.39 is 0 Å². The number of carbonyl (C=O) groups is 1. The molecule has 132 valence electrons. The molecule has 1 heterocycles. The molecule has 0 unspecified atom stereocenters. The molecule has 2 N–H and O–H groups in total. The van der Waals surface area contributed by atoms with Gasteiger partial charge in [-0.2, -0.15) is 0 Å². The highest BCUT2D eigenvalue weighted by Crippen LogP contribution is 2.12. The van der Waals surface area contributed by atoms with Crippen molar-refractivity contribution in [3.05, 3.63) is 29.8 Å². The van der Waals surface area contributed by atoms with E-state index in [4.69, 9.17) is 17.0 Å². The molecule has 0 atom stereocenters. The van der Waals surface area contributed by atoms with Crippen molar-refractivity contribution in [2.45, 2.75) is 32.6 Å². The van der Waals surface area contributed by atoms with E-state index in [-0.39, 0.29) is 5.97 Å². The van der Waals surface area contributed by atoms with Gasteiger partial charge in [-0.25, -0.2) is 4.79 Å². The Kier molecular flexibility index (Phi) is 7.98. The number of esters is 1. The number of hydrogen-bond acceptors (Lipinski definition) is 4. The van der Waals surface area contributed by atoms with Crippen LogP contribution in [0, 0.1) is 0 Å². The molecule has 1 aliphatic heterocycles. The molecule has 24 heavy (non-hydrogen) atoms. The van der Waals surface area contributed by atoms with Gasteiger partial charge in [0.1, 0.15) is 0 Å². The third kappa shape index (κ3) is 6.45. The molecule has 0 amide bonds. The van der Waals surface area contributed by atoms with Crippen LogP contribution in [-0.4, -0.2) is 48.8 Å². The predicted octanol–water partition coefficient (Wildman–Crippen LogP) is 3.03. The Morgan fingerprint density at radius 3 is 2.83 bits per heavy atom. The second-order valence-corrected chi connectivity index (χ2v) is 6.35. The van der Waals surface area contributed by atoms with Crippen molar-refractivity contribution in [2.24, 2.45) is 0 Å². The highest BCUT2D eigenvalue weighted by molar-refractivity contribution is 7.80. The third-order valence-corrected chi connectivity index (χ3v) is 4.26. The highest BCUT2D eigenvalue weighted by atomic mass is 32.1. The molecule has 0 saturated carbocycles. The van der Waals surface area contributed by atoms with E-state index in [9.17, 15) is 4.79 Å². The van der Waals surface area contributed by atoms with Gasteiger partial charge in [0.25, 0.3) is 0 Å². The fraction of sp³-hybridized carbons (Fsp3) is 0.556. The summed E-state index contributed by atoms with van der Waals surface area (Å²) >= 11 is 5.31. The molecular weight excluding hydrogens is 322 g/mol. The van der Waals surface area contributed by atoms with Gasteiger partial charge in [-0.1, -0.05) is 12.5 Å². The first-order chi connectivity index (χ1) is 11.7. The molecule has 0 spiro atoms. The lowest BCUT2D eigenvalue weighted by atomic mass is 10.1. The van der Waals surface area contributed by atoms with Crippen LogP contribution in [-0.2, 0) is 4.74 Å². The van der Waals surface area contributed by atoms with E-state index in [2.05, 4.69) is 15.5 Å². The Balaban J connectivity index is 1.70. The second-order valence-electron chi connectivity index (χ2n) is 5.94. The Labute approximate surface area is 149 Å². The molecule has 5 nitrogen and oxygen atoms in total. The number of benzene rings is 1. The van der Waals surface area contributed by atoms with Crippen molar-refractivity contribution in [2.75, 3.05) is 38.1 Å². The molecular formula is C18H27N3O2S. The topological polar surface area (TPSA) is 53.6 Å². The molecule has 1 saturated heterocycles. The van der Waals surface area contributed by atoms with E-state index in [1.165, 1.54) is 32.4 Å². The van der Waals surface area contributed by atoms with E-state index in [1.54, 1.807) is 19.1 Å². The van der Waals surface area contributed by atoms with E-state index in [0.717, 1.165) is 25.2 Å². The Morgan fingerprint density at radius 1 is 1.29 bits per heavy atom. The van der Waals surface area contributed by atoms with Crippen molar-refractivity contribution < 1.29 is 9.53 Å². The number of piperidine rings is 1. The standard InChI is InChI=1S/C18H27N3O2S/c1-2-23-17(22)15-8-6-9-16(14-15)20-18(24)19-10-7-13-21-11-4-3-5-12-21/h6,8-9,14H,2-5,7,10-13H2,1H3,(H2,19,20,24). The minimum atomic E-state index is -0.318. The number of anilines is 1. The molecule has 0 radical (unpaired) electrons. The van der Waals surface area contributed by atoms with E-state index in [0.29, 0.717) is 17.3 Å². The summed E-state index contributed by atoms with van der Waals surface area (Å²) in [5.41, 5.74) is 1.31. The first kappa shape index (κ1) is 18.7. The lowest BCUT2D eigenvalue weighted by molar-refractivity contribution is 0.0526. The Hall–Kier alpha value is -1.66. The molecule has 0 bridgehead atoms. The van der Waals surface area contributed by atoms with E-state index >= 15 is 0 Å². The zero-order valence-corrected chi connectivity index (χ0v) is 15.2. The summed E-state index contributed by atoms with van der Waals surface area (Å²) in [7, 11) is 0. The van der Waals surface area contributed by atoms with Crippen molar-refractivity contribution in [1.29, 1.82) is 0 Å². The minimum absolute atomic E-state index is 0.318. The second kappa shape index (κ2) is 10.3. The fourth-order valence-electron chi connectivity index (χ4n) is 2.80. The van der Waals surface area contributed by atoms with Crippen LogP contribution in [0.4, 0.5) is 5.69 Å². The van der Waals surface area contributed by atoms with Crippen LogP contribution in [0.1, 0.15) is 43.0 Å². The predicted molar refractivity (Wildman–Crippen MR) is 102 cm³/mol. The molecule has 1 aliphatic rings. The van der Waals surface area contributed by atoms with Crippen molar-refractivity contribution >= 4 is 29.0 Å². The Morgan fingerprint density at radius 2 is 2.08 bits per heavy atom. The first-order valence-corrected chi connectivity index (χ1v) is 9.14. The summed E-state index contributed by atoms with van der Waals surface area (Å²) in [6.45, 7) is 6.58. The largest absolute Gasteiger partial charge is 0.462 e. The van der Waals surface area contributed by atoms with Crippen molar-refractivity contribution in [1.82, 2.24) is 10.2 Å². The van der Waals surface area contributed by atoms with Gasteiger partial charge in [-0.05, 0) is 76.2 Å². The average Bonchev–Trinajstić information content (AvgIpc) is 2.60. The summed E-state index contributed by atoms with van der Waals surface area (Å²) in [6, 6.07) is 7.18. The maximum absolute atomic E-state index is 11.7. The normalized spacial score (nSPS) is 14.9. The molecule has 2 rings (SSSR count). The number of nitrogens with one attached hydrogen (secondary N) is 2. The van der Waals surface area contributed by atoms with Crippen LogP contribution in [0.5, 0.6) is 0 Å². The maximum atomic E-state index is 11.7. The van der Waals surface area contributed by atoms with Gasteiger partial charge in [0.2, 0.25) is 0 Å². The number of rotatable bonds is 7. The molecule has 6 heteroatoms. The average molecular weight is 350 g/mol. The molecule has 0 aliphatic carbocycles. The molecule has 0 aromatic heterocycles. The van der Waals surface area contributed by atoms with Crippen molar-refractivity contribution in [3.63, 3.8) is 0 Å². The summed E-state index contributed by atoms with van der Waals surface area (Å²) < 4.78 is 5.01.